The van der Waals surface area contributed by atoms with E-state index in [1.165, 1.54) is 6.42 Å². The van der Waals surface area contributed by atoms with Crippen LogP contribution in [0.3, 0.4) is 0 Å². The van der Waals surface area contributed by atoms with Crippen molar-refractivity contribution in [2.24, 2.45) is 0 Å². The van der Waals surface area contributed by atoms with E-state index < -0.39 is 0 Å². The van der Waals surface area contributed by atoms with Crippen molar-refractivity contribution in [3.63, 3.8) is 0 Å². The average Bonchev–Trinajstić information content (AvgIpc) is 2.62. The van der Waals surface area contributed by atoms with Crippen LogP contribution in [0.2, 0.25) is 0 Å². The van der Waals surface area contributed by atoms with E-state index in [-0.39, 0.29) is 6.10 Å². The lowest BCUT2D eigenvalue weighted by atomic mass is 10.0. The van der Waals surface area contributed by atoms with Gasteiger partial charge in [-0.2, -0.15) is 0 Å². The van der Waals surface area contributed by atoms with Crippen molar-refractivity contribution in [3.05, 3.63) is 65.2 Å². The number of aryl methyl sites for hydroxylation is 2. The standard InChI is InChI=1S/2C11H16O/c1-3-4-7-10-8-5-6-9(2)11(10)12;1-2-3-9-11(12)10-7-5-4-6-8-10/h5-6,8,12H,3-4,7H2,1-2H3;4-8,11-12H,2-3,9H2,1H3. The fourth-order valence-corrected chi connectivity index (χ4v) is 2.53. The van der Waals surface area contributed by atoms with Crippen LogP contribution >= 0.6 is 0 Å². The molecule has 0 aromatic heterocycles. The SMILES string of the molecule is CCCCC(O)c1ccccc1.CCCCc1cccc(C)c1O. The largest absolute Gasteiger partial charge is 0.507 e. The smallest absolute Gasteiger partial charge is 0.121 e. The molecule has 0 amide bonds. The molecule has 2 heteroatoms. The van der Waals surface area contributed by atoms with Crippen LogP contribution in [0, 0.1) is 6.92 Å². The Hall–Kier alpha value is -1.80. The van der Waals surface area contributed by atoms with Gasteiger partial charge in [-0.1, -0.05) is 81.6 Å². The molecule has 0 saturated heterocycles. The van der Waals surface area contributed by atoms with Crippen molar-refractivity contribution in [1.82, 2.24) is 0 Å². The molecule has 0 fully saturated rings. The van der Waals surface area contributed by atoms with E-state index in [2.05, 4.69) is 13.8 Å². The van der Waals surface area contributed by atoms with Gasteiger partial charge in [0.15, 0.2) is 0 Å². The molecule has 1 atom stereocenters. The summed E-state index contributed by atoms with van der Waals surface area (Å²) in [6, 6.07) is 15.8. The number of rotatable bonds is 7. The van der Waals surface area contributed by atoms with E-state index in [0.717, 1.165) is 48.8 Å². The van der Waals surface area contributed by atoms with Crippen molar-refractivity contribution in [1.29, 1.82) is 0 Å². The van der Waals surface area contributed by atoms with Gasteiger partial charge in [-0.3, -0.25) is 0 Å². The first-order chi connectivity index (χ1) is 11.6. The summed E-state index contributed by atoms with van der Waals surface area (Å²) in [5.74, 6) is 0.478. The first-order valence-corrected chi connectivity index (χ1v) is 9.10. The number of aliphatic hydroxyl groups excluding tert-OH is 1. The normalized spacial score (nSPS) is 11.5. The van der Waals surface area contributed by atoms with Gasteiger partial charge < -0.3 is 10.2 Å². The zero-order valence-corrected chi connectivity index (χ0v) is 15.3. The van der Waals surface area contributed by atoms with Crippen molar-refractivity contribution in [2.45, 2.75) is 65.4 Å². The molecule has 2 N–H and O–H groups in total. The van der Waals surface area contributed by atoms with Crippen molar-refractivity contribution >= 4 is 0 Å². The van der Waals surface area contributed by atoms with E-state index in [9.17, 15) is 10.2 Å². The third-order valence-electron chi connectivity index (χ3n) is 4.14. The van der Waals surface area contributed by atoms with Gasteiger partial charge >= 0.3 is 0 Å². The maximum atomic E-state index is 9.65. The van der Waals surface area contributed by atoms with Crippen LogP contribution in [0.25, 0.3) is 0 Å². The van der Waals surface area contributed by atoms with Gasteiger partial charge in [0.25, 0.3) is 0 Å². The van der Waals surface area contributed by atoms with Gasteiger partial charge in [0.1, 0.15) is 5.75 Å². The van der Waals surface area contributed by atoms with Gasteiger partial charge in [0, 0.05) is 0 Å². The Kier molecular flexibility index (Phi) is 9.86. The lowest BCUT2D eigenvalue weighted by molar-refractivity contribution is 0.164. The molecule has 1 unspecified atom stereocenters. The van der Waals surface area contributed by atoms with E-state index in [4.69, 9.17) is 0 Å². The number of hydrogen-bond acceptors (Lipinski definition) is 2. The van der Waals surface area contributed by atoms with E-state index in [0.29, 0.717) is 5.75 Å². The summed E-state index contributed by atoms with van der Waals surface area (Å²) >= 11 is 0. The number of benzene rings is 2. The van der Waals surface area contributed by atoms with Crippen LogP contribution in [0.4, 0.5) is 0 Å². The van der Waals surface area contributed by atoms with Gasteiger partial charge in [-0.25, -0.2) is 0 Å². The highest BCUT2D eigenvalue weighted by atomic mass is 16.3. The van der Waals surface area contributed by atoms with Gasteiger partial charge in [0.2, 0.25) is 0 Å². The molecule has 0 bridgehead atoms. The number of hydrogen-bond donors (Lipinski definition) is 2. The van der Waals surface area contributed by atoms with Crippen LogP contribution in [0.5, 0.6) is 5.75 Å². The summed E-state index contributed by atoms with van der Waals surface area (Å²) < 4.78 is 0. The number of para-hydroxylation sites is 1. The Morgan fingerprint density at radius 2 is 1.54 bits per heavy atom. The molecular formula is C22H32O2. The molecule has 0 aliphatic heterocycles. The minimum absolute atomic E-state index is 0.272. The second kappa shape index (κ2) is 11.7. The molecule has 132 valence electrons. The highest BCUT2D eigenvalue weighted by molar-refractivity contribution is 5.39. The van der Waals surface area contributed by atoms with Gasteiger partial charge in [0.05, 0.1) is 6.10 Å². The molecule has 24 heavy (non-hydrogen) atoms. The van der Waals surface area contributed by atoms with Crippen molar-refractivity contribution in [2.75, 3.05) is 0 Å². The summed E-state index contributed by atoms with van der Waals surface area (Å²) in [7, 11) is 0. The predicted molar refractivity (Wildman–Crippen MR) is 102 cm³/mol. The quantitative estimate of drug-likeness (QED) is 0.659. The van der Waals surface area contributed by atoms with E-state index in [1.54, 1.807) is 0 Å². The molecule has 2 aromatic rings. The molecule has 0 saturated carbocycles. The highest BCUT2D eigenvalue weighted by Crippen LogP contribution is 2.22. The number of phenols is 1. The lowest BCUT2D eigenvalue weighted by Crippen LogP contribution is -1.95. The maximum Gasteiger partial charge on any atom is 0.121 e. The van der Waals surface area contributed by atoms with Crippen molar-refractivity contribution in [3.8, 4) is 5.75 Å². The Labute approximate surface area is 147 Å². The second-order valence-corrected chi connectivity index (χ2v) is 6.25. The van der Waals surface area contributed by atoms with Crippen molar-refractivity contribution < 1.29 is 10.2 Å². The predicted octanol–water partition coefficient (Wildman–Crippen LogP) is 5.95. The lowest BCUT2D eigenvalue weighted by Gasteiger charge is -2.09. The zero-order valence-electron chi connectivity index (χ0n) is 15.3. The monoisotopic (exact) mass is 328 g/mol. The maximum absolute atomic E-state index is 9.65. The summed E-state index contributed by atoms with van der Waals surface area (Å²) in [4.78, 5) is 0. The fourth-order valence-electron chi connectivity index (χ4n) is 2.53. The Morgan fingerprint density at radius 1 is 0.875 bits per heavy atom. The summed E-state index contributed by atoms with van der Waals surface area (Å²) in [6.45, 7) is 6.23. The van der Waals surface area contributed by atoms with Crippen LogP contribution < -0.4 is 0 Å². The minimum atomic E-state index is -0.272. The fraction of sp³-hybridized carbons (Fsp3) is 0.455. The number of unbranched alkanes of at least 4 members (excludes halogenated alkanes) is 2. The van der Waals surface area contributed by atoms with Crippen LogP contribution in [-0.4, -0.2) is 10.2 Å². The average molecular weight is 328 g/mol. The topological polar surface area (TPSA) is 40.5 Å². The molecule has 0 heterocycles. The Bertz CT molecular complexity index is 563. The summed E-state index contributed by atoms with van der Waals surface area (Å²) in [5.41, 5.74) is 3.09. The molecule has 2 aromatic carbocycles. The van der Waals surface area contributed by atoms with Crippen LogP contribution in [-0.2, 0) is 6.42 Å². The molecular weight excluding hydrogens is 296 g/mol. The van der Waals surface area contributed by atoms with Gasteiger partial charge in [-0.15, -0.1) is 0 Å². The first-order valence-electron chi connectivity index (χ1n) is 9.10. The summed E-state index contributed by atoms with van der Waals surface area (Å²) in [6.07, 6.45) is 6.15. The molecule has 0 aliphatic carbocycles. The Balaban J connectivity index is 0.000000240. The van der Waals surface area contributed by atoms with E-state index in [1.807, 2.05) is 55.5 Å². The molecule has 2 rings (SSSR count). The number of phenolic OH excluding ortho intramolecular Hbond substituents is 1. The van der Waals surface area contributed by atoms with Gasteiger partial charge in [-0.05, 0) is 42.9 Å². The molecule has 0 aliphatic rings. The molecule has 0 radical (unpaired) electrons. The minimum Gasteiger partial charge on any atom is -0.507 e. The summed E-state index contributed by atoms with van der Waals surface area (Å²) in [5, 5.41) is 19.3. The second-order valence-electron chi connectivity index (χ2n) is 6.25. The molecule has 0 spiro atoms. The Morgan fingerprint density at radius 3 is 2.17 bits per heavy atom. The number of aromatic hydroxyl groups is 1. The van der Waals surface area contributed by atoms with Crippen LogP contribution in [0.1, 0.15) is 68.7 Å². The third-order valence-corrected chi connectivity index (χ3v) is 4.14. The first kappa shape index (κ1) is 20.2. The highest BCUT2D eigenvalue weighted by Gasteiger charge is 2.04. The third kappa shape index (κ3) is 7.18. The number of aliphatic hydroxyl groups is 1. The van der Waals surface area contributed by atoms with Crippen LogP contribution in [0.15, 0.2) is 48.5 Å². The zero-order chi connectivity index (χ0) is 17.8. The van der Waals surface area contributed by atoms with E-state index >= 15 is 0 Å². The molecule has 2 nitrogen and oxygen atoms in total.